The summed E-state index contributed by atoms with van der Waals surface area (Å²) >= 11 is 7.38. The number of anilines is 1. The van der Waals surface area contributed by atoms with E-state index in [1.54, 1.807) is 6.92 Å². The van der Waals surface area contributed by atoms with E-state index in [1.165, 1.54) is 4.90 Å². The number of amides is 3. The van der Waals surface area contributed by atoms with Gasteiger partial charge in [-0.15, -0.1) is 0 Å². The third-order valence-electron chi connectivity index (χ3n) is 6.84. The van der Waals surface area contributed by atoms with Gasteiger partial charge >= 0.3 is 0 Å². The number of fused-ring (bicyclic) bond motifs is 6. The van der Waals surface area contributed by atoms with Gasteiger partial charge in [-0.05, 0) is 36.6 Å². The Balaban J connectivity index is 1.39. The number of imide groups is 1. The van der Waals surface area contributed by atoms with E-state index in [0.29, 0.717) is 5.69 Å². The fourth-order valence-corrected chi connectivity index (χ4v) is 7.32. The molecule has 5 nitrogen and oxygen atoms in total. The van der Waals surface area contributed by atoms with Gasteiger partial charge < -0.3 is 5.32 Å². The molecule has 3 amide bonds. The van der Waals surface area contributed by atoms with Crippen molar-refractivity contribution in [1.82, 2.24) is 4.90 Å². The number of benzene rings is 2. The monoisotopic (exact) mass is 518 g/mol. The summed E-state index contributed by atoms with van der Waals surface area (Å²) < 4.78 is 0. The molecular formula is C22H20Br2N2O3. The van der Waals surface area contributed by atoms with E-state index in [9.17, 15) is 14.4 Å². The molecule has 2 aliphatic carbocycles. The Morgan fingerprint density at radius 2 is 1.59 bits per heavy atom. The van der Waals surface area contributed by atoms with Crippen LogP contribution in [0.1, 0.15) is 13.3 Å². The molecule has 2 saturated carbocycles. The molecule has 0 spiro atoms. The van der Waals surface area contributed by atoms with Crippen molar-refractivity contribution in [2.24, 2.45) is 23.7 Å². The van der Waals surface area contributed by atoms with E-state index in [-0.39, 0.29) is 51.0 Å². The first kappa shape index (κ1) is 19.2. The van der Waals surface area contributed by atoms with Crippen molar-refractivity contribution in [3.63, 3.8) is 0 Å². The number of rotatable bonds is 3. The van der Waals surface area contributed by atoms with Gasteiger partial charge in [0, 0.05) is 20.7 Å². The first-order valence-corrected chi connectivity index (χ1v) is 11.7. The van der Waals surface area contributed by atoms with Crippen LogP contribution >= 0.6 is 31.9 Å². The number of carbonyl (C=O) groups excluding carboxylic acids is 3. The second kappa shape index (κ2) is 6.91. The molecule has 150 valence electrons. The number of nitrogens with one attached hydrogen (secondary N) is 1. The lowest BCUT2D eigenvalue weighted by atomic mass is 9.81. The van der Waals surface area contributed by atoms with Crippen molar-refractivity contribution < 1.29 is 14.4 Å². The van der Waals surface area contributed by atoms with E-state index in [4.69, 9.17) is 0 Å². The average molecular weight is 520 g/mol. The molecule has 0 aromatic heterocycles. The minimum atomic E-state index is -0.846. The highest BCUT2D eigenvalue weighted by atomic mass is 79.9. The second-order valence-corrected chi connectivity index (χ2v) is 10.4. The Kier molecular flexibility index (Phi) is 4.59. The molecule has 1 saturated heterocycles. The topological polar surface area (TPSA) is 66.5 Å². The molecule has 5 rings (SSSR count). The van der Waals surface area contributed by atoms with Gasteiger partial charge in [-0.1, -0.05) is 68.3 Å². The smallest absolute Gasteiger partial charge is 0.247 e. The number of halogens is 2. The lowest BCUT2D eigenvalue weighted by molar-refractivity contribution is -0.146. The first-order chi connectivity index (χ1) is 13.9. The zero-order valence-electron chi connectivity index (χ0n) is 15.7. The summed E-state index contributed by atoms with van der Waals surface area (Å²) in [4.78, 5) is 40.8. The van der Waals surface area contributed by atoms with Gasteiger partial charge in [0.1, 0.15) is 6.04 Å². The van der Waals surface area contributed by atoms with Crippen LogP contribution in [0.2, 0.25) is 0 Å². The maximum atomic E-state index is 13.1. The highest BCUT2D eigenvalue weighted by molar-refractivity contribution is 9.12. The van der Waals surface area contributed by atoms with Crippen molar-refractivity contribution >= 4 is 66.0 Å². The molecule has 2 bridgehead atoms. The Labute approximate surface area is 185 Å². The van der Waals surface area contributed by atoms with E-state index in [0.717, 1.165) is 17.2 Å². The standard InChI is InChI=1S/C22H20Br2N2O3/c1-10(20(27)25-15-8-4-6-11-5-2-3-7-12(11)15)26-21(28)16-13-9-14(17(16)22(26)29)19(24)18(13)23/h2-8,10,13-14,16-19H,9H2,1H3,(H,25,27)/t10-,13-,14-,16-,17+,18-,19+/m0/s1. The van der Waals surface area contributed by atoms with Crippen LogP contribution in [-0.2, 0) is 14.4 Å². The molecule has 1 aliphatic heterocycles. The zero-order chi connectivity index (χ0) is 20.4. The summed E-state index contributed by atoms with van der Waals surface area (Å²) in [5, 5.41) is 4.86. The second-order valence-electron chi connectivity index (χ2n) is 8.24. The van der Waals surface area contributed by atoms with Gasteiger partial charge in [0.2, 0.25) is 17.7 Å². The molecule has 2 aromatic rings. The average Bonchev–Trinajstić information content (AvgIpc) is 3.32. The fraction of sp³-hybridized carbons (Fsp3) is 0.409. The van der Waals surface area contributed by atoms with Crippen molar-refractivity contribution in [1.29, 1.82) is 0 Å². The Morgan fingerprint density at radius 1 is 1.00 bits per heavy atom. The molecule has 1 N–H and O–H groups in total. The zero-order valence-corrected chi connectivity index (χ0v) is 18.9. The summed E-state index contributed by atoms with van der Waals surface area (Å²) in [6.45, 7) is 1.64. The van der Waals surface area contributed by atoms with Gasteiger partial charge in [-0.3, -0.25) is 19.3 Å². The van der Waals surface area contributed by atoms with Gasteiger partial charge in [-0.2, -0.15) is 0 Å². The van der Waals surface area contributed by atoms with Crippen LogP contribution in [-0.4, -0.2) is 38.3 Å². The number of alkyl halides is 2. The number of likely N-dealkylation sites (tertiary alicyclic amines) is 1. The number of hydrogen-bond acceptors (Lipinski definition) is 3. The summed E-state index contributed by atoms with van der Waals surface area (Å²) in [5.74, 6) is -1.07. The van der Waals surface area contributed by atoms with Gasteiger partial charge in [0.05, 0.1) is 11.8 Å². The van der Waals surface area contributed by atoms with E-state index in [2.05, 4.69) is 37.2 Å². The van der Waals surface area contributed by atoms with Crippen LogP contribution in [0.25, 0.3) is 10.8 Å². The molecule has 29 heavy (non-hydrogen) atoms. The number of nitrogens with zero attached hydrogens (tertiary/aromatic N) is 1. The quantitative estimate of drug-likeness (QED) is 0.493. The van der Waals surface area contributed by atoms with Crippen LogP contribution in [0.4, 0.5) is 5.69 Å². The summed E-state index contributed by atoms with van der Waals surface area (Å²) in [6, 6.07) is 12.6. The highest BCUT2D eigenvalue weighted by Crippen LogP contribution is 2.60. The number of carbonyl (C=O) groups is 3. The maximum Gasteiger partial charge on any atom is 0.247 e. The van der Waals surface area contributed by atoms with Crippen molar-refractivity contribution in [2.45, 2.75) is 29.0 Å². The van der Waals surface area contributed by atoms with Gasteiger partial charge in [-0.25, -0.2) is 0 Å². The Bertz CT molecular complexity index is 1000. The lowest BCUT2D eigenvalue weighted by Gasteiger charge is -2.28. The third-order valence-corrected chi connectivity index (χ3v) is 10.0. The van der Waals surface area contributed by atoms with Crippen LogP contribution in [0.15, 0.2) is 42.5 Å². The minimum absolute atomic E-state index is 0.143. The largest absolute Gasteiger partial charge is 0.324 e. The molecule has 7 atom stereocenters. The van der Waals surface area contributed by atoms with Crippen LogP contribution in [0, 0.1) is 23.7 Å². The first-order valence-electron chi connectivity index (χ1n) is 9.84. The third kappa shape index (κ3) is 2.73. The van der Waals surface area contributed by atoms with Crippen molar-refractivity contribution in [3.8, 4) is 0 Å². The summed E-state index contributed by atoms with van der Waals surface area (Å²) in [6.07, 6.45) is 0.878. The predicted octanol–water partition coefficient (Wildman–Crippen LogP) is 3.94. The highest BCUT2D eigenvalue weighted by Gasteiger charge is 2.67. The molecule has 0 radical (unpaired) electrons. The van der Waals surface area contributed by atoms with Gasteiger partial charge in [0.25, 0.3) is 0 Å². The van der Waals surface area contributed by atoms with E-state index >= 15 is 0 Å². The molecular weight excluding hydrogens is 500 g/mol. The Morgan fingerprint density at radius 3 is 2.24 bits per heavy atom. The molecule has 3 aliphatic rings. The number of hydrogen-bond donors (Lipinski definition) is 1. The van der Waals surface area contributed by atoms with Gasteiger partial charge in [0.15, 0.2) is 0 Å². The molecule has 1 heterocycles. The van der Waals surface area contributed by atoms with Crippen LogP contribution in [0.5, 0.6) is 0 Å². The predicted molar refractivity (Wildman–Crippen MR) is 118 cm³/mol. The lowest BCUT2D eigenvalue weighted by Crippen LogP contribution is -2.46. The molecule has 3 fully saturated rings. The van der Waals surface area contributed by atoms with E-state index in [1.807, 2.05) is 42.5 Å². The van der Waals surface area contributed by atoms with Crippen molar-refractivity contribution in [3.05, 3.63) is 42.5 Å². The van der Waals surface area contributed by atoms with Crippen molar-refractivity contribution in [2.75, 3.05) is 5.32 Å². The fourth-order valence-electron chi connectivity index (χ4n) is 5.44. The molecule has 0 unspecified atom stereocenters. The normalized spacial score (nSPS) is 34.0. The minimum Gasteiger partial charge on any atom is -0.324 e. The summed E-state index contributed by atoms with van der Waals surface area (Å²) in [5.41, 5.74) is 0.681. The molecule has 2 aromatic carbocycles. The van der Waals surface area contributed by atoms with Crippen LogP contribution < -0.4 is 5.32 Å². The summed E-state index contributed by atoms with van der Waals surface area (Å²) in [7, 11) is 0. The Hall–Kier alpha value is -1.73. The van der Waals surface area contributed by atoms with Crippen LogP contribution in [0.3, 0.4) is 0 Å². The van der Waals surface area contributed by atoms with E-state index < -0.39 is 6.04 Å². The maximum absolute atomic E-state index is 13.1. The SMILES string of the molecule is C[C@@H](C(=O)Nc1cccc2ccccc12)N1C(=O)[C@@H]2[C@@H]3C[C@H]([C@H](Br)[C@@H]3Br)[C@@H]2C1=O. The molecule has 7 heteroatoms.